The molecule has 0 aromatic carbocycles. The molecule has 4 nitrogen and oxygen atoms in total. The maximum absolute atomic E-state index is 12.1. The highest BCUT2D eigenvalue weighted by molar-refractivity contribution is 7.10. The van der Waals surface area contributed by atoms with Crippen LogP contribution in [-0.2, 0) is 4.79 Å². The maximum Gasteiger partial charge on any atom is 0.223 e. The van der Waals surface area contributed by atoms with Gasteiger partial charge in [0.15, 0.2) is 0 Å². The van der Waals surface area contributed by atoms with Gasteiger partial charge in [0.1, 0.15) is 6.04 Å². The van der Waals surface area contributed by atoms with E-state index in [-0.39, 0.29) is 17.9 Å². The Kier molecular flexibility index (Phi) is 5.35. The Morgan fingerprint density at radius 2 is 2.20 bits per heavy atom. The van der Waals surface area contributed by atoms with E-state index in [0.29, 0.717) is 6.54 Å². The third-order valence-corrected chi connectivity index (χ3v) is 4.52. The molecule has 20 heavy (non-hydrogen) atoms. The van der Waals surface area contributed by atoms with E-state index in [1.54, 1.807) is 17.5 Å². The molecular weight excluding hydrogens is 270 g/mol. The molecule has 0 spiro atoms. The lowest BCUT2D eigenvalue weighted by Crippen LogP contribution is -2.35. The fourth-order valence-corrected chi connectivity index (χ4v) is 3.09. The molecular formula is C15H21N3OS. The summed E-state index contributed by atoms with van der Waals surface area (Å²) in [5.74, 6) is 0.250. The summed E-state index contributed by atoms with van der Waals surface area (Å²) < 4.78 is 1.90. The quantitative estimate of drug-likeness (QED) is 0.852. The van der Waals surface area contributed by atoms with Crippen molar-refractivity contribution in [3.05, 3.63) is 40.8 Å². The van der Waals surface area contributed by atoms with Gasteiger partial charge in [-0.1, -0.05) is 19.9 Å². The Balaban J connectivity index is 2.05. The number of hydrogen-bond donors (Lipinski definition) is 1. The molecule has 0 aliphatic rings. The van der Waals surface area contributed by atoms with Crippen molar-refractivity contribution < 1.29 is 4.79 Å². The topological polar surface area (TPSA) is 46.9 Å². The second kappa shape index (κ2) is 7.24. The van der Waals surface area contributed by atoms with E-state index in [2.05, 4.69) is 35.7 Å². The molecule has 2 aromatic heterocycles. The van der Waals surface area contributed by atoms with Crippen molar-refractivity contribution in [1.82, 2.24) is 15.1 Å². The maximum atomic E-state index is 12.1. The van der Waals surface area contributed by atoms with Gasteiger partial charge in [-0.3, -0.25) is 9.48 Å². The van der Waals surface area contributed by atoms with Crippen molar-refractivity contribution in [1.29, 1.82) is 0 Å². The van der Waals surface area contributed by atoms with Gasteiger partial charge < -0.3 is 5.32 Å². The molecule has 0 aliphatic carbocycles. The number of thiophene rings is 1. The summed E-state index contributed by atoms with van der Waals surface area (Å²) >= 11 is 1.69. The Bertz CT molecular complexity index is 469. The molecule has 0 saturated carbocycles. The van der Waals surface area contributed by atoms with Gasteiger partial charge in [-0.05, 0) is 30.4 Å². The summed E-state index contributed by atoms with van der Waals surface area (Å²) in [6.45, 7) is 4.69. The summed E-state index contributed by atoms with van der Waals surface area (Å²) in [5.41, 5.74) is 0. The van der Waals surface area contributed by atoms with Crippen molar-refractivity contribution in [2.75, 3.05) is 6.54 Å². The lowest BCUT2D eigenvalue weighted by molar-refractivity contribution is -0.125. The molecule has 1 amide bonds. The molecule has 0 saturated heterocycles. The molecule has 2 heterocycles. The van der Waals surface area contributed by atoms with Crippen molar-refractivity contribution in [2.45, 2.75) is 32.7 Å². The number of nitrogens with one attached hydrogen (secondary N) is 1. The van der Waals surface area contributed by atoms with Crippen LogP contribution in [0.1, 0.15) is 37.6 Å². The van der Waals surface area contributed by atoms with E-state index in [1.165, 1.54) is 4.88 Å². The molecule has 0 bridgehead atoms. The van der Waals surface area contributed by atoms with E-state index in [9.17, 15) is 4.79 Å². The zero-order chi connectivity index (χ0) is 14.4. The first-order chi connectivity index (χ1) is 9.76. The normalized spacial score (nSPS) is 12.6. The minimum Gasteiger partial charge on any atom is -0.353 e. The lowest BCUT2D eigenvalue weighted by Gasteiger charge is -2.19. The molecule has 108 valence electrons. The zero-order valence-corrected chi connectivity index (χ0v) is 12.8. The largest absolute Gasteiger partial charge is 0.353 e. The van der Waals surface area contributed by atoms with Crippen LogP contribution in [0.3, 0.4) is 0 Å². The SMILES string of the molecule is CCC(CC)C(=O)NCC(c1cccs1)n1cccn1. The molecule has 2 rings (SSSR count). The standard InChI is InChI=1S/C15H21N3OS/c1-3-12(4-2)15(19)16-11-13(14-7-5-10-20-14)18-9-6-8-17-18/h5-10,12-13H,3-4,11H2,1-2H3,(H,16,19). The minimum atomic E-state index is 0.0725. The highest BCUT2D eigenvalue weighted by atomic mass is 32.1. The number of carbonyl (C=O) groups is 1. The molecule has 0 radical (unpaired) electrons. The van der Waals surface area contributed by atoms with Crippen LogP contribution in [0.2, 0.25) is 0 Å². The Morgan fingerprint density at radius 3 is 2.75 bits per heavy atom. The Morgan fingerprint density at radius 1 is 1.40 bits per heavy atom. The van der Waals surface area contributed by atoms with Crippen LogP contribution in [0.4, 0.5) is 0 Å². The smallest absolute Gasteiger partial charge is 0.223 e. The third kappa shape index (κ3) is 3.48. The number of aromatic nitrogens is 2. The number of hydrogen-bond acceptors (Lipinski definition) is 3. The van der Waals surface area contributed by atoms with Gasteiger partial charge >= 0.3 is 0 Å². The van der Waals surface area contributed by atoms with Gasteiger partial charge in [0.05, 0.1) is 0 Å². The van der Waals surface area contributed by atoms with E-state index in [0.717, 1.165) is 12.8 Å². The van der Waals surface area contributed by atoms with Gasteiger partial charge in [0, 0.05) is 29.7 Å². The van der Waals surface area contributed by atoms with Gasteiger partial charge in [-0.15, -0.1) is 11.3 Å². The Labute approximate surface area is 123 Å². The number of carbonyl (C=O) groups excluding carboxylic acids is 1. The fourth-order valence-electron chi connectivity index (χ4n) is 2.27. The van der Waals surface area contributed by atoms with Crippen LogP contribution in [0.25, 0.3) is 0 Å². The van der Waals surface area contributed by atoms with Crippen LogP contribution in [0.15, 0.2) is 36.0 Å². The van der Waals surface area contributed by atoms with Crippen LogP contribution in [0.5, 0.6) is 0 Å². The first-order valence-electron chi connectivity index (χ1n) is 7.06. The molecule has 5 heteroatoms. The monoisotopic (exact) mass is 291 g/mol. The van der Waals surface area contributed by atoms with Crippen molar-refractivity contribution >= 4 is 17.2 Å². The van der Waals surface area contributed by atoms with E-state index in [1.807, 2.05) is 23.0 Å². The van der Waals surface area contributed by atoms with Gasteiger partial charge in [-0.2, -0.15) is 5.10 Å². The van der Waals surface area contributed by atoms with Gasteiger partial charge in [0.25, 0.3) is 0 Å². The second-order valence-electron chi connectivity index (χ2n) is 4.78. The predicted octanol–water partition coefficient (Wildman–Crippen LogP) is 3.09. The van der Waals surface area contributed by atoms with Crippen LogP contribution < -0.4 is 5.32 Å². The van der Waals surface area contributed by atoms with Crippen LogP contribution in [0, 0.1) is 5.92 Å². The van der Waals surface area contributed by atoms with Gasteiger partial charge in [-0.25, -0.2) is 0 Å². The first-order valence-corrected chi connectivity index (χ1v) is 7.94. The summed E-state index contributed by atoms with van der Waals surface area (Å²) in [6, 6.07) is 6.09. The minimum absolute atomic E-state index is 0.0725. The molecule has 1 unspecified atom stereocenters. The third-order valence-electron chi connectivity index (χ3n) is 3.54. The number of amides is 1. The highest BCUT2D eigenvalue weighted by Gasteiger charge is 2.19. The zero-order valence-electron chi connectivity index (χ0n) is 12.0. The summed E-state index contributed by atoms with van der Waals surface area (Å²) in [7, 11) is 0. The molecule has 2 aromatic rings. The molecule has 1 atom stereocenters. The van der Waals surface area contributed by atoms with Crippen molar-refractivity contribution in [3.63, 3.8) is 0 Å². The molecule has 0 aliphatic heterocycles. The van der Waals surface area contributed by atoms with E-state index < -0.39 is 0 Å². The average Bonchev–Trinajstić information content (AvgIpc) is 3.13. The van der Waals surface area contributed by atoms with Crippen LogP contribution >= 0.6 is 11.3 Å². The lowest BCUT2D eigenvalue weighted by atomic mass is 10.0. The summed E-state index contributed by atoms with van der Waals surface area (Å²) in [4.78, 5) is 13.3. The highest BCUT2D eigenvalue weighted by Crippen LogP contribution is 2.22. The van der Waals surface area contributed by atoms with E-state index >= 15 is 0 Å². The van der Waals surface area contributed by atoms with Gasteiger partial charge in [0.2, 0.25) is 5.91 Å². The second-order valence-corrected chi connectivity index (χ2v) is 5.76. The van der Waals surface area contributed by atoms with Crippen molar-refractivity contribution in [2.24, 2.45) is 5.92 Å². The average molecular weight is 291 g/mol. The number of nitrogens with zero attached hydrogens (tertiary/aromatic N) is 2. The molecule has 1 N–H and O–H groups in total. The molecule has 0 fully saturated rings. The summed E-state index contributed by atoms with van der Waals surface area (Å²) in [5, 5.41) is 9.43. The van der Waals surface area contributed by atoms with Crippen LogP contribution in [-0.4, -0.2) is 22.2 Å². The van der Waals surface area contributed by atoms with E-state index in [4.69, 9.17) is 0 Å². The number of rotatable bonds is 7. The summed E-state index contributed by atoms with van der Waals surface area (Å²) in [6.07, 6.45) is 5.47. The fraction of sp³-hybridized carbons (Fsp3) is 0.467. The van der Waals surface area contributed by atoms with Crippen molar-refractivity contribution in [3.8, 4) is 0 Å². The predicted molar refractivity (Wildman–Crippen MR) is 81.8 cm³/mol. The first kappa shape index (κ1) is 14.8. The Hall–Kier alpha value is -1.62.